The monoisotopic (exact) mass is 465 g/mol. The molecule has 1 amide bonds. The fourth-order valence-electron chi connectivity index (χ4n) is 3.25. The van der Waals surface area contributed by atoms with Crippen LogP contribution < -0.4 is 5.32 Å². The van der Waals surface area contributed by atoms with Crippen LogP contribution in [0.4, 0.5) is 9.18 Å². The van der Waals surface area contributed by atoms with Crippen molar-refractivity contribution < 1.29 is 28.9 Å². The summed E-state index contributed by atoms with van der Waals surface area (Å²) in [6, 6.07) is 10.7. The molecule has 0 fully saturated rings. The first kappa shape index (κ1) is 25.6. The van der Waals surface area contributed by atoms with Gasteiger partial charge in [-0.2, -0.15) is 0 Å². The predicted molar refractivity (Wildman–Crippen MR) is 121 cm³/mol. The van der Waals surface area contributed by atoms with E-state index in [0.717, 1.165) is 0 Å². The average Bonchev–Trinajstić information content (AvgIpc) is 2.68. The maximum atomic E-state index is 14.1. The van der Waals surface area contributed by atoms with Crippen LogP contribution in [0.1, 0.15) is 39.7 Å². The number of aliphatic carboxylic acids is 1. The number of nitrogens with one attached hydrogen (secondary N) is 1. The van der Waals surface area contributed by atoms with Gasteiger partial charge in [0.15, 0.2) is 0 Å². The minimum absolute atomic E-state index is 0.0521. The standard InChI is InChI=1S/C24H29ClFNO5/c1-23(2,3)32-22(31)27-17(13-24(4,14-28)21(29)30)11-16-10-9-15(12-19(16)25)18-7-5-6-8-20(18)26/h5-10,12,17,28H,11,13-14H2,1-4H3,(H,27,31)(H,29,30). The van der Waals surface area contributed by atoms with E-state index in [1.807, 2.05) is 0 Å². The summed E-state index contributed by atoms with van der Waals surface area (Å²) in [6.45, 7) is 5.95. The summed E-state index contributed by atoms with van der Waals surface area (Å²) in [7, 11) is 0. The Morgan fingerprint density at radius 1 is 1.16 bits per heavy atom. The quantitative estimate of drug-likeness (QED) is 0.506. The number of carbonyl (C=O) groups excluding carboxylic acids is 1. The second kappa shape index (κ2) is 10.3. The smallest absolute Gasteiger partial charge is 0.407 e. The number of hydrogen-bond acceptors (Lipinski definition) is 4. The van der Waals surface area contributed by atoms with E-state index in [1.54, 1.807) is 57.2 Å². The number of carboxylic acid groups (broad SMARTS) is 1. The zero-order chi connectivity index (χ0) is 24.1. The Labute approximate surface area is 192 Å². The fourth-order valence-corrected chi connectivity index (χ4v) is 3.51. The maximum Gasteiger partial charge on any atom is 0.407 e. The molecule has 2 aromatic rings. The lowest BCUT2D eigenvalue weighted by Crippen LogP contribution is -2.45. The molecule has 0 aliphatic heterocycles. The Morgan fingerprint density at radius 2 is 1.81 bits per heavy atom. The summed E-state index contributed by atoms with van der Waals surface area (Å²) in [4.78, 5) is 24.0. The molecule has 0 aromatic heterocycles. The molecule has 174 valence electrons. The Kier molecular flexibility index (Phi) is 8.26. The zero-order valence-electron chi connectivity index (χ0n) is 18.6. The highest BCUT2D eigenvalue weighted by Crippen LogP contribution is 2.30. The number of rotatable bonds is 8. The first-order chi connectivity index (χ1) is 14.8. The molecule has 2 unspecified atom stereocenters. The van der Waals surface area contributed by atoms with Gasteiger partial charge >= 0.3 is 12.1 Å². The molecule has 3 N–H and O–H groups in total. The molecule has 6 nitrogen and oxygen atoms in total. The van der Waals surface area contributed by atoms with Crippen LogP contribution in [0.5, 0.6) is 0 Å². The first-order valence-corrected chi connectivity index (χ1v) is 10.6. The molecule has 32 heavy (non-hydrogen) atoms. The van der Waals surface area contributed by atoms with E-state index in [1.165, 1.54) is 13.0 Å². The Bertz CT molecular complexity index is 975. The minimum Gasteiger partial charge on any atom is -0.481 e. The summed E-state index contributed by atoms with van der Waals surface area (Å²) >= 11 is 6.45. The Morgan fingerprint density at radius 3 is 2.34 bits per heavy atom. The Hall–Kier alpha value is -2.64. The molecule has 0 aliphatic carbocycles. The topological polar surface area (TPSA) is 95.9 Å². The molecular weight excluding hydrogens is 437 g/mol. The van der Waals surface area contributed by atoms with Gasteiger partial charge in [0.05, 0.1) is 12.0 Å². The lowest BCUT2D eigenvalue weighted by molar-refractivity contribution is -0.151. The van der Waals surface area contributed by atoms with Crippen LogP contribution in [0.2, 0.25) is 5.02 Å². The van der Waals surface area contributed by atoms with E-state index in [2.05, 4.69) is 5.32 Å². The maximum absolute atomic E-state index is 14.1. The third-order valence-electron chi connectivity index (χ3n) is 4.99. The molecule has 2 rings (SSSR count). The molecule has 0 aliphatic rings. The van der Waals surface area contributed by atoms with Crippen LogP contribution in [-0.2, 0) is 16.0 Å². The van der Waals surface area contributed by atoms with E-state index >= 15 is 0 Å². The third kappa shape index (κ3) is 6.93. The number of aliphatic hydroxyl groups is 1. The number of hydrogen-bond donors (Lipinski definition) is 3. The Balaban J connectivity index is 2.30. The molecule has 0 heterocycles. The molecule has 2 aromatic carbocycles. The molecule has 2 atom stereocenters. The number of amides is 1. The van der Waals surface area contributed by atoms with Crippen LogP contribution in [0.3, 0.4) is 0 Å². The van der Waals surface area contributed by atoms with Crippen molar-refractivity contribution in [1.29, 1.82) is 0 Å². The summed E-state index contributed by atoms with van der Waals surface area (Å²) in [6.07, 6.45) is -0.561. The lowest BCUT2D eigenvalue weighted by Gasteiger charge is -2.30. The predicted octanol–water partition coefficient (Wildman–Crippen LogP) is 5.06. The number of benzene rings is 2. The second-order valence-electron chi connectivity index (χ2n) is 9.06. The second-order valence-corrected chi connectivity index (χ2v) is 9.47. The van der Waals surface area contributed by atoms with E-state index in [-0.39, 0.29) is 18.7 Å². The van der Waals surface area contributed by atoms with Crippen molar-refractivity contribution in [2.75, 3.05) is 6.61 Å². The van der Waals surface area contributed by atoms with Crippen LogP contribution in [-0.4, -0.2) is 40.5 Å². The normalized spacial score (nSPS) is 14.3. The van der Waals surface area contributed by atoms with Gasteiger partial charge in [0.2, 0.25) is 0 Å². The summed E-state index contributed by atoms with van der Waals surface area (Å²) in [5, 5.41) is 22.2. The number of ether oxygens (including phenoxy) is 1. The molecule has 0 bridgehead atoms. The lowest BCUT2D eigenvalue weighted by atomic mass is 9.82. The van der Waals surface area contributed by atoms with E-state index in [4.69, 9.17) is 16.3 Å². The van der Waals surface area contributed by atoms with Gasteiger partial charge in [-0.1, -0.05) is 41.9 Å². The van der Waals surface area contributed by atoms with E-state index in [0.29, 0.717) is 21.7 Å². The van der Waals surface area contributed by atoms with Crippen molar-refractivity contribution >= 4 is 23.7 Å². The van der Waals surface area contributed by atoms with Gasteiger partial charge in [-0.05, 0) is 63.8 Å². The van der Waals surface area contributed by atoms with Crippen LogP contribution in [0, 0.1) is 11.2 Å². The molecular formula is C24H29ClFNO5. The largest absolute Gasteiger partial charge is 0.481 e. The van der Waals surface area contributed by atoms with Crippen molar-refractivity contribution in [1.82, 2.24) is 5.32 Å². The highest BCUT2D eigenvalue weighted by atomic mass is 35.5. The summed E-state index contributed by atoms with van der Waals surface area (Å²) < 4.78 is 19.4. The number of carboxylic acids is 1. The highest BCUT2D eigenvalue weighted by molar-refractivity contribution is 6.31. The van der Waals surface area contributed by atoms with Crippen molar-refractivity contribution in [2.45, 2.75) is 52.2 Å². The molecule has 0 saturated carbocycles. The van der Waals surface area contributed by atoms with E-state index in [9.17, 15) is 24.2 Å². The summed E-state index contributed by atoms with van der Waals surface area (Å²) in [5.74, 6) is -1.56. The van der Waals surface area contributed by atoms with Gasteiger partial charge in [-0.25, -0.2) is 9.18 Å². The molecule has 8 heteroatoms. The number of alkyl carbamates (subject to hydrolysis) is 1. The SMILES string of the molecule is CC(C)(C)OC(=O)NC(Cc1ccc(-c2ccccc2F)cc1Cl)CC(C)(CO)C(=O)O. The van der Waals surface area contributed by atoms with Gasteiger partial charge in [0.1, 0.15) is 11.4 Å². The van der Waals surface area contributed by atoms with Crippen molar-refractivity contribution in [3.8, 4) is 11.1 Å². The third-order valence-corrected chi connectivity index (χ3v) is 5.34. The van der Waals surface area contributed by atoms with Crippen LogP contribution in [0.25, 0.3) is 11.1 Å². The fraction of sp³-hybridized carbons (Fsp3) is 0.417. The minimum atomic E-state index is -1.47. The van der Waals surface area contributed by atoms with Gasteiger partial charge < -0.3 is 20.3 Å². The van der Waals surface area contributed by atoms with Gasteiger partial charge in [0.25, 0.3) is 0 Å². The van der Waals surface area contributed by atoms with Gasteiger partial charge in [-0.15, -0.1) is 0 Å². The van der Waals surface area contributed by atoms with Crippen LogP contribution in [0.15, 0.2) is 42.5 Å². The first-order valence-electron chi connectivity index (χ1n) is 10.2. The number of aliphatic hydroxyl groups excluding tert-OH is 1. The zero-order valence-corrected chi connectivity index (χ0v) is 19.4. The van der Waals surface area contributed by atoms with Crippen molar-refractivity contribution in [3.05, 3.63) is 58.9 Å². The number of halogens is 2. The molecule has 0 radical (unpaired) electrons. The summed E-state index contributed by atoms with van der Waals surface area (Å²) in [5.41, 5.74) is -0.569. The van der Waals surface area contributed by atoms with E-state index < -0.39 is 35.7 Å². The molecule has 0 spiro atoms. The van der Waals surface area contributed by atoms with Crippen molar-refractivity contribution in [3.63, 3.8) is 0 Å². The van der Waals surface area contributed by atoms with Crippen LogP contribution >= 0.6 is 11.6 Å². The van der Waals surface area contributed by atoms with Gasteiger partial charge in [-0.3, -0.25) is 4.79 Å². The average molecular weight is 466 g/mol. The number of carbonyl (C=O) groups is 2. The highest BCUT2D eigenvalue weighted by Gasteiger charge is 2.36. The van der Waals surface area contributed by atoms with Gasteiger partial charge in [0, 0.05) is 16.6 Å². The van der Waals surface area contributed by atoms with Crippen molar-refractivity contribution in [2.24, 2.45) is 5.41 Å². The molecule has 0 saturated heterocycles.